The molecule has 111 valence electrons. The fraction of sp³-hybridized carbons (Fsp3) is 0.737. The molecule has 1 radical (unpaired) electrons. The minimum atomic E-state index is 1.10. The van der Waals surface area contributed by atoms with E-state index >= 15 is 0 Å². The molecule has 0 aliphatic rings. The van der Waals surface area contributed by atoms with Gasteiger partial charge in [-0.15, -0.1) is 0 Å². The van der Waals surface area contributed by atoms with Crippen molar-refractivity contribution >= 4 is 0 Å². The van der Waals surface area contributed by atoms with Crippen LogP contribution in [-0.4, -0.2) is 0 Å². The molecular weight excluding hydrogens is 228 g/mol. The standard InChI is InChI=1S/C19H35/c1-3-5-7-9-11-13-15-17-19-18-16-14-12-10-8-6-4-2/h11,13,17-19H,3-10,12,14-16H2,1-2H3. The molecule has 0 aromatic heterocycles. The second-order valence-electron chi connectivity index (χ2n) is 5.42. The highest BCUT2D eigenvalue weighted by atomic mass is 13.9. The van der Waals surface area contributed by atoms with Crippen LogP contribution in [0.5, 0.6) is 0 Å². The summed E-state index contributed by atoms with van der Waals surface area (Å²) in [6, 6.07) is 0. The average molecular weight is 263 g/mol. The van der Waals surface area contributed by atoms with Gasteiger partial charge in [0.05, 0.1) is 0 Å². The maximum Gasteiger partial charge on any atom is -0.0133 e. The molecule has 0 amide bonds. The van der Waals surface area contributed by atoms with E-state index in [1.807, 2.05) is 0 Å². The smallest absolute Gasteiger partial charge is 0.0133 e. The molecule has 0 heteroatoms. The lowest BCUT2D eigenvalue weighted by atomic mass is 10.1. The maximum absolute atomic E-state index is 2.33. The van der Waals surface area contributed by atoms with Gasteiger partial charge in [-0.1, -0.05) is 83.1 Å². The molecule has 0 atom stereocenters. The molecule has 0 aliphatic carbocycles. The van der Waals surface area contributed by atoms with Gasteiger partial charge in [0.25, 0.3) is 0 Å². The van der Waals surface area contributed by atoms with Crippen molar-refractivity contribution in [3.63, 3.8) is 0 Å². The molecule has 0 saturated heterocycles. The molecule has 0 spiro atoms. The van der Waals surface area contributed by atoms with Gasteiger partial charge in [-0.05, 0) is 38.5 Å². The summed E-state index contributed by atoms with van der Waals surface area (Å²) >= 11 is 0. The zero-order valence-corrected chi connectivity index (χ0v) is 13.4. The quantitative estimate of drug-likeness (QED) is 0.233. The fourth-order valence-corrected chi connectivity index (χ4v) is 2.12. The molecule has 0 bridgehead atoms. The Morgan fingerprint density at radius 2 is 1.16 bits per heavy atom. The van der Waals surface area contributed by atoms with Crippen LogP contribution in [0.2, 0.25) is 0 Å². The molecule has 0 aromatic carbocycles. The van der Waals surface area contributed by atoms with Crippen LogP contribution in [0.3, 0.4) is 0 Å². The van der Waals surface area contributed by atoms with Crippen molar-refractivity contribution in [2.75, 3.05) is 0 Å². The Kier molecular flexibility index (Phi) is 17.0. The summed E-state index contributed by atoms with van der Waals surface area (Å²) in [6.45, 7) is 4.53. The summed E-state index contributed by atoms with van der Waals surface area (Å²) in [5, 5.41) is 0. The highest BCUT2D eigenvalue weighted by molar-refractivity contribution is 4.99. The lowest BCUT2D eigenvalue weighted by Gasteiger charge is -1.97. The normalized spacial score (nSPS) is 11.9. The number of unbranched alkanes of at least 4 members (excludes halogenated alkanes) is 10. The monoisotopic (exact) mass is 263 g/mol. The van der Waals surface area contributed by atoms with Crippen LogP contribution in [0.25, 0.3) is 0 Å². The van der Waals surface area contributed by atoms with E-state index in [1.54, 1.807) is 0 Å². The summed E-state index contributed by atoms with van der Waals surface area (Å²) in [4.78, 5) is 0. The number of hydrogen-bond donors (Lipinski definition) is 0. The van der Waals surface area contributed by atoms with Gasteiger partial charge in [0.15, 0.2) is 0 Å². The van der Waals surface area contributed by atoms with Crippen molar-refractivity contribution < 1.29 is 0 Å². The van der Waals surface area contributed by atoms with Gasteiger partial charge in [-0.3, -0.25) is 0 Å². The minimum absolute atomic E-state index is 1.10. The van der Waals surface area contributed by atoms with E-state index in [4.69, 9.17) is 0 Å². The molecule has 0 aliphatic heterocycles. The topological polar surface area (TPSA) is 0 Å². The molecular formula is C19H35. The van der Waals surface area contributed by atoms with Crippen molar-refractivity contribution in [2.24, 2.45) is 0 Å². The Bertz CT molecular complexity index is 200. The van der Waals surface area contributed by atoms with Crippen molar-refractivity contribution in [3.8, 4) is 0 Å². The summed E-state index contributed by atoms with van der Waals surface area (Å²) < 4.78 is 0. The third kappa shape index (κ3) is 17.5. The lowest BCUT2D eigenvalue weighted by Crippen LogP contribution is -1.77. The first-order valence-corrected chi connectivity index (χ1v) is 8.55. The van der Waals surface area contributed by atoms with E-state index in [9.17, 15) is 0 Å². The second kappa shape index (κ2) is 17.5. The van der Waals surface area contributed by atoms with E-state index in [0.29, 0.717) is 0 Å². The molecule has 19 heavy (non-hydrogen) atoms. The lowest BCUT2D eigenvalue weighted by molar-refractivity contribution is 0.611. The predicted octanol–water partition coefficient (Wildman–Crippen LogP) is 7.02. The first kappa shape index (κ1) is 18.5. The summed E-state index contributed by atoms with van der Waals surface area (Å²) in [5.74, 6) is 0. The Morgan fingerprint density at radius 1 is 0.579 bits per heavy atom. The van der Waals surface area contributed by atoms with Crippen molar-refractivity contribution in [1.82, 2.24) is 0 Å². The summed E-state index contributed by atoms with van der Waals surface area (Å²) in [6.07, 6.45) is 27.5. The first-order chi connectivity index (χ1) is 9.41. The third-order valence-corrected chi connectivity index (χ3v) is 3.41. The SMILES string of the molecule is CCCCCC=CC[CH]C=CCCCCCCCC. The number of hydrogen-bond acceptors (Lipinski definition) is 0. The number of allylic oxidation sites excluding steroid dienone is 4. The Labute approximate surface area is 122 Å². The Balaban J connectivity index is 3.12. The Morgan fingerprint density at radius 3 is 1.95 bits per heavy atom. The Hall–Kier alpha value is -0.520. The van der Waals surface area contributed by atoms with Gasteiger partial charge in [0, 0.05) is 0 Å². The molecule has 0 rings (SSSR count). The second-order valence-corrected chi connectivity index (χ2v) is 5.42. The molecule has 0 N–H and O–H groups in total. The van der Waals surface area contributed by atoms with Gasteiger partial charge in [-0.25, -0.2) is 0 Å². The van der Waals surface area contributed by atoms with Gasteiger partial charge < -0.3 is 0 Å². The van der Waals surface area contributed by atoms with E-state index in [-0.39, 0.29) is 0 Å². The minimum Gasteiger partial charge on any atom is -0.0885 e. The molecule has 0 unspecified atom stereocenters. The van der Waals surface area contributed by atoms with E-state index < -0.39 is 0 Å². The van der Waals surface area contributed by atoms with Gasteiger partial charge in [-0.2, -0.15) is 0 Å². The first-order valence-electron chi connectivity index (χ1n) is 8.55. The van der Waals surface area contributed by atoms with Crippen LogP contribution >= 0.6 is 0 Å². The van der Waals surface area contributed by atoms with Crippen LogP contribution < -0.4 is 0 Å². The van der Waals surface area contributed by atoms with Crippen molar-refractivity contribution in [3.05, 3.63) is 30.7 Å². The van der Waals surface area contributed by atoms with E-state index in [2.05, 4.69) is 44.6 Å². The fourth-order valence-electron chi connectivity index (χ4n) is 2.12. The zero-order valence-electron chi connectivity index (χ0n) is 13.4. The molecule has 0 nitrogen and oxygen atoms in total. The maximum atomic E-state index is 2.33. The third-order valence-electron chi connectivity index (χ3n) is 3.41. The van der Waals surface area contributed by atoms with Gasteiger partial charge in [0.2, 0.25) is 0 Å². The molecule has 0 aromatic rings. The van der Waals surface area contributed by atoms with Crippen LogP contribution in [0.15, 0.2) is 24.3 Å². The van der Waals surface area contributed by atoms with Crippen LogP contribution in [-0.2, 0) is 0 Å². The van der Waals surface area contributed by atoms with Crippen LogP contribution in [0.1, 0.15) is 90.9 Å². The number of rotatable bonds is 14. The molecule has 0 heterocycles. The highest BCUT2D eigenvalue weighted by Gasteiger charge is 1.88. The van der Waals surface area contributed by atoms with Crippen LogP contribution in [0.4, 0.5) is 0 Å². The highest BCUT2D eigenvalue weighted by Crippen LogP contribution is 2.07. The zero-order chi connectivity index (χ0) is 14.0. The molecule has 0 saturated carbocycles. The van der Waals surface area contributed by atoms with E-state index in [0.717, 1.165) is 6.42 Å². The average Bonchev–Trinajstić information content (AvgIpc) is 2.43. The summed E-state index contributed by atoms with van der Waals surface area (Å²) in [7, 11) is 0. The van der Waals surface area contributed by atoms with Gasteiger partial charge in [0.1, 0.15) is 0 Å². The van der Waals surface area contributed by atoms with Crippen LogP contribution in [0, 0.1) is 6.42 Å². The summed E-state index contributed by atoms with van der Waals surface area (Å²) in [5.41, 5.74) is 0. The molecule has 0 fully saturated rings. The van der Waals surface area contributed by atoms with Gasteiger partial charge >= 0.3 is 0 Å². The van der Waals surface area contributed by atoms with E-state index in [1.165, 1.54) is 70.6 Å². The van der Waals surface area contributed by atoms with Crippen molar-refractivity contribution in [1.29, 1.82) is 0 Å². The predicted molar refractivity (Wildman–Crippen MR) is 89.3 cm³/mol. The van der Waals surface area contributed by atoms with Crippen molar-refractivity contribution in [2.45, 2.75) is 90.9 Å². The largest absolute Gasteiger partial charge is 0.0885 e.